The number of hydrogen-bond donors (Lipinski definition) is 1. The maximum Gasteiger partial charge on any atom is 0.0234 e. The zero-order valence-corrected chi connectivity index (χ0v) is 11.8. The van der Waals surface area contributed by atoms with E-state index in [4.69, 9.17) is 5.73 Å². The van der Waals surface area contributed by atoms with Gasteiger partial charge in [0.1, 0.15) is 0 Å². The van der Waals surface area contributed by atoms with Crippen molar-refractivity contribution in [3.8, 4) is 11.1 Å². The van der Waals surface area contributed by atoms with E-state index >= 15 is 0 Å². The van der Waals surface area contributed by atoms with E-state index < -0.39 is 0 Å². The zero-order chi connectivity index (χ0) is 13.8. The van der Waals surface area contributed by atoms with Gasteiger partial charge in [-0.1, -0.05) is 48.5 Å². The summed E-state index contributed by atoms with van der Waals surface area (Å²) in [5, 5.41) is 0. The summed E-state index contributed by atoms with van der Waals surface area (Å²) >= 11 is 0. The number of hydrogen-bond acceptors (Lipinski definition) is 2. The highest BCUT2D eigenvalue weighted by molar-refractivity contribution is 5.63. The maximum absolute atomic E-state index is 5.76. The molecule has 1 fully saturated rings. The minimum atomic E-state index is 0.687. The Kier molecular flexibility index (Phi) is 4.14. The van der Waals surface area contributed by atoms with Gasteiger partial charge in [-0.05, 0) is 48.2 Å². The first kappa shape index (κ1) is 13.3. The molecule has 0 aromatic heterocycles. The molecule has 0 amide bonds. The molecule has 20 heavy (non-hydrogen) atoms. The Morgan fingerprint density at radius 1 is 1.00 bits per heavy atom. The number of nitrogens with two attached hydrogens (primary N) is 1. The third kappa shape index (κ3) is 3.09. The van der Waals surface area contributed by atoms with Crippen molar-refractivity contribution in [2.45, 2.75) is 13.0 Å². The van der Waals surface area contributed by atoms with Crippen molar-refractivity contribution in [3.05, 3.63) is 60.2 Å². The summed E-state index contributed by atoms with van der Waals surface area (Å²) in [6.45, 7) is 4.18. The van der Waals surface area contributed by atoms with Gasteiger partial charge in [-0.25, -0.2) is 0 Å². The minimum Gasteiger partial charge on any atom is -0.330 e. The van der Waals surface area contributed by atoms with Crippen LogP contribution in [0, 0.1) is 5.92 Å². The monoisotopic (exact) mass is 266 g/mol. The lowest BCUT2D eigenvalue weighted by atomic mass is 10.0. The Morgan fingerprint density at radius 2 is 1.80 bits per heavy atom. The topological polar surface area (TPSA) is 29.3 Å². The molecule has 2 aromatic rings. The lowest BCUT2D eigenvalue weighted by Crippen LogP contribution is -2.22. The van der Waals surface area contributed by atoms with E-state index in [9.17, 15) is 0 Å². The van der Waals surface area contributed by atoms with Crippen LogP contribution < -0.4 is 5.73 Å². The standard InChI is InChI=1S/C18H22N2/c19-12-16-9-10-20(14-16)13-15-5-4-8-18(11-15)17-6-2-1-3-7-17/h1-8,11,16H,9-10,12-14,19H2. The SMILES string of the molecule is NCC1CCN(Cc2cccc(-c3ccccc3)c2)C1. The van der Waals surface area contributed by atoms with Gasteiger partial charge in [0.25, 0.3) is 0 Å². The summed E-state index contributed by atoms with van der Waals surface area (Å²) < 4.78 is 0. The molecule has 1 unspecified atom stereocenters. The summed E-state index contributed by atoms with van der Waals surface area (Å²) in [5.41, 5.74) is 9.75. The fourth-order valence-electron chi connectivity index (χ4n) is 2.99. The lowest BCUT2D eigenvalue weighted by Gasteiger charge is -2.16. The summed E-state index contributed by atoms with van der Waals surface area (Å²) in [6.07, 6.45) is 1.24. The van der Waals surface area contributed by atoms with Crippen molar-refractivity contribution in [1.82, 2.24) is 4.90 Å². The fraction of sp³-hybridized carbons (Fsp3) is 0.333. The van der Waals surface area contributed by atoms with Crippen molar-refractivity contribution in [2.24, 2.45) is 11.7 Å². The largest absolute Gasteiger partial charge is 0.330 e. The van der Waals surface area contributed by atoms with Gasteiger partial charge in [-0.3, -0.25) is 4.90 Å². The molecule has 1 aliphatic rings. The quantitative estimate of drug-likeness (QED) is 0.921. The van der Waals surface area contributed by atoms with E-state index in [1.54, 1.807) is 0 Å². The van der Waals surface area contributed by atoms with E-state index in [1.807, 2.05) is 0 Å². The predicted molar refractivity (Wildman–Crippen MR) is 84.3 cm³/mol. The van der Waals surface area contributed by atoms with Gasteiger partial charge in [0, 0.05) is 13.1 Å². The Bertz CT molecular complexity index is 550. The molecule has 104 valence electrons. The average molecular weight is 266 g/mol. The van der Waals surface area contributed by atoms with E-state index in [0.29, 0.717) is 5.92 Å². The van der Waals surface area contributed by atoms with Gasteiger partial charge in [0.15, 0.2) is 0 Å². The number of benzene rings is 2. The Hall–Kier alpha value is -1.64. The first-order valence-corrected chi connectivity index (χ1v) is 7.42. The highest BCUT2D eigenvalue weighted by Gasteiger charge is 2.20. The van der Waals surface area contributed by atoms with Gasteiger partial charge >= 0.3 is 0 Å². The molecule has 2 nitrogen and oxygen atoms in total. The van der Waals surface area contributed by atoms with Crippen LogP contribution in [0.4, 0.5) is 0 Å². The summed E-state index contributed by atoms with van der Waals surface area (Å²) in [7, 11) is 0. The van der Waals surface area contributed by atoms with Crippen LogP contribution >= 0.6 is 0 Å². The molecule has 3 rings (SSSR count). The zero-order valence-electron chi connectivity index (χ0n) is 11.8. The second-order valence-electron chi connectivity index (χ2n) is 5.69. The smallest absolute Gasteiger partial charge is 0.0234 e. The van der Waals surface area contributed by atoms with Crippen molar-refractivity contribution >= 4 is 0 Å². The molecule has 0 bridgehead atoms. The molecule has 2 heteroatoms. The molecular formula is C18H22N2. The Labute approximate surface area is 121 Å². The van der Waals surface area contributed by atoms with Crippen LogP contribution in [0.15, 0.2) is 54.6 Å². The molecule has 0 radical (unpaired) electrons. The highest BCUT2D eigenvalue weighted by atomic mass is 15.1. The molecule has 0 spiro atoms. The Balaban J connectivity index is 1.72. The fourth-order valence-corrected chi connectivity index (χ4v) is 2.99. The molecule has 1 saturated heterocycles. The van der Waals surface area contributed by atoms with Crippen LogP contribution in [0.5, 0.6) is 0 Å². The first-order valence-electron chi connectivity index (χ1n) is 7.42. The average Bonchev–Trinajstić information content (AvgIpc) is 2.96. The van der Waals surface area contributed by atoms with Gasteiger partial charge in [-0.2, -0.15) is 0 Å². The van der Waals surface area contributed by atoms with E-state index in [2.05, 4.69) is 59.5 Å². The van der Waals surface area contributed by atoms with Crippen LogP contribution in [-0.4, -0.2) is 24.5 Å². The number of nitrogens with zero attached hydrogens (tertiary/aromatic N) is 1. The first-order chi connectivity index (χ1) is 9.85. The molecule has 2 aromatic carbocycles. The maximum atomic E-state index is 5.76. The van der Waals surface area contributed by atoms with Crippen molar-refractivity contribution in [3.63, 3.8) is 0 Å². The second kappa shape index (κ2) is 6.21. The highest BCUT2D eigenvalue weighted by Crippen LogP contribution is 2.22. The number of likely N-dealkylation sites (tertiary alicyclic amines) is 1. The summed E-state index contributed by atoms with van der Waals surface area (Å²) in [4.78, 5) is 2.52. The van der Waals surface area contributed by atoms with E-state index in [-0.39, 0.29) is 0 Å². The van der Waals surface area contributed by atoms with E-state index in [0.717, 1.165) is 19.6 Å². The van der Waals surface area contributed by atoms with E-state index in [1.165, 1.54) is 29.7 Å². The molecule has 1 atom stereocenters. The Morgan fingerprint density at radius 3 is 2.55 bits per heavy atom. The third-order valence-corrected chi connectivity index (χ3v) is 4.14. The summed E-state index contributed by atoms with van der Waals surface area (Å²) in [6, 6.07) is 19.5. The van der Waals surface area contributed by atoms with Crippen molar-refractivity contribution < 1.29 is 0 Å². The van der Waals surface area contributed by atoms with Gasteiger partial charge < -0.3 is 5.73 Å². The van der Waals surface area contributed by atoms with Gasteiger partial charge in [0.05, 0.1) is 0 Å². The molecule has 2 N–H and O–H groups in total. The molecule has 0 aliphatic carbocycles. The molecule has 1 heterocycles. The lowest BCUT2D eigenvalue weighted by molar-refractivity contribution is 0.318. The minimum absolute atomic E-state index is 0.687. The molecule has 0 saturated carbocycles. The number of rotatable bonds is 4. The van der Waals surface area contributed by atoms with Crippen molar-refractivity contribution in [1.29, 1.82) is 0 Å². The second-order valence-corrected chi connectivity index (χ2v) is 5.69. The predicted octanol–water partition coefficient (Wildman–Crippen LogP) is 3.13. The third-order valence-electron chi connectivity index (χ3n) is 4.14. The normalized spacial score (nSPS) is 19.4. The van der Waals surface area contributed by atoms with Gasteiger partial charge in [0.2, 0.25) is 0 Å². The van der Waals surface area contributed by atoms with Crippen LogP contribution in [0.1, 0.15) is 12.0 Å². The summed E-state index contributed by atoms with van der Waals surface area (Å²) in [5.74, 6) is 0.687. The molecular weight excluding hydrogens is 244 g/mol. The van der Waals surface area contributed by atoms with Crippen LogP contribution in [0.3, 0.4) is 0 Å². The van der Waals surface area contributed by atoms with Crippen LogP contribution in [0.25, 0.3) is 11.1 Å². The van der Waals surface area contributed by atoms with Crippen LogP contribution in [0.2, 0.25) is 0 Å². The van der Waals surface area contributed by atoms with Crippen LogP contribution in [-0.2, 0) is 6.54 Å². The molecule has 1 aliphatic heterocycles. The van der Waals surface area contributed by atoms with Crippen molar-refractivity contribution in [2.75, 3.05) is 19.6 Å². The van der Waals surface area contributed by atoms with Gasteiger partial charge in [-0.15, -0.1) is 0 Å².